The van der Waals surface area contributed by atoms with Gasteiger partial charge in [0.2, 0.25) is 5.91 Å². The maximum absolute atomic E-state index is 12.3. The molecule has 0 aliphatic carbocycles. The zero-order valence-corrected chi connectivity index (χ0v) is 15.7. The molecule has 1 atom stereocenters. The van der Waals surface area contributed by atoms with E-state index in [0.29, 0.717) is 0 Å². The van der Waals surface area contributed by atoms with Crippen molar-refractivity contribution < 1.29 is 4.79 Å². The molecular weight excluding hydrogens is 310 g/mol. The number of amides is 1. The first-order valence-electron chi connectivity index (χ1n) is 8.89. The van der Waals surface area contributed by atoms with Crippen molar-refractivity contribution in [3.8, 4) is 0 Å². The monoisotopic (exact) mass is 337 g/mol. The maximum atomic E-state index is 12.3. The molecule has 3 rings (SSSR count). The summed E-state index contributed by atoms with van der Waals surface area (Å²) in [7, 11) is 0. The van der Waals surface area contributed by atoms with E-state index in [1.54, 1.807) is 0 Å². The molecule has 0 aliphatic rings. The Kier molecular flexibility index (Phi) is 4.46. The normalized spacial score (nSPS) is 13.2. The maximum Gasteiger partial charge on any atom is 0.242 e. The highest BCUT2D eigenvalue weighted by molar-refractivity contribution is 6.09. The third-order valence-corrected chi connectivity index (χ3v) is 4.36. The van der Waals surface area contributed by atoms with Crippen LogP contribution in [-0.4, -0.2) is 22.1 Å². The van der Waals surface area contributed by atoms with Crippen LogP contribution >= 0.6 is 0 Å². The third-order valence-electron chi connectivity index (χ3n) is 4.36. The highest BCUT2D eigenvalue weighted by Gasteiger charge is 2.19. The predicted octanol–water partition coefficient (Wildman–Crippen LogP) is 4.53. The fourth-order valence-corrected chi connectivity index (χ4v) is 3.28. The molecule has 0 radical (unpaired) electrons. The Morgan fingerprint density at radius 2 is 1.76 bits per heavy atom. The van der Waals surface area contributed by atoms with Gasteiger partial charge in [0, 0.05) is 39.6 Å². The van der Waals surface area contributed by atoms with E-state index in [0.717, 1.165) is 12.2 Å². The van der Waals surface area contributed by atoms with Crippen LogP contribution < -0.4 is 10.6 Å². The minimum atomic E-state index is -0.295. The van der Waals surface area contributed by atoms with Gasteiger partial charge in [-0.3, -0.25) is 4.79 Å². The van der Waals surface area contributed by atoms with E-state index in [1.807, 2.05) is 33.8 Å². The van der Waals surface area contributed by atoms with Crippen LogP contribution in [0.5, 0.6) is 0 Å². The predicted molar refractivity (Wildman–Crippen MR) is 106 cm³/mol. The van der Waals surface area contributed by atoms with Crippen LogP contribution in [0.3, 0.4) is 0 Å². The molecule has 0 fully saturated rings. The molecule has 0 aliphatic heterocycles. The topological polar surface area (TPSA) is 46.1 Å². The number of aromatic nitrogens is 1. The van der Waals surface area contributed by atoms with Crippen molar-refractivity contribution in [1.82, 2.24) is 9.88 Å². The van der Waals surface area contributed by atoms with E-state index in [-0.39, 0.29) is 17.5 Å². The summed E-state index contributed by atoms with van der Waals surface area (Å²) in [5.41, 5.74) is 3.20. The number of fused-ring (bicyclic) bond motifs is 3. The molecule has 1 amide bonds. The number of hydrogen-bond acceptors (Lipinski definition) is 2. The Morgan fingerprint density at radius 1 is 1.08 bits per heavy atom. The number of aryl methyl sites for hydroxylation is 1. The molecule has 132 valence electrons. The fourth-order valence-electron chi connectivity index (χ4n) is 3.28. The number of rotatable bonds is 4. The van der Waals surface area contributed by atoms with E-state index in [9.17, 15) is 4.79 Å². The summed E-state index contributed by atoms with van der Waals surface area (Å²) in [5, 5.41) is 8.80. The number of hydrogen-bond donors (Lipinski definition) is 2. The lowest BCUT2D eigenvalue weighted by Gasteiger charge is -2.24. The first-order valence-corrected chi connectivity index (χ1v) is 8.89. The van der Waals surface area contributed by atoms with Crippen LogP contribution in [0, 0.1) is 0 Å². The molecule has 0 saturated carbocycles. The number of carbonyl (C=O) groups is 1. The molecule has 4 heteroatoms. The minimum Gasteiger partial charge on any atom is -0.374 e. The van der Waals surface area contributed by atoms with E-state index in [2.05, 4.69) is 58.5 Å². The van der Waals surface area contributed by atoms with Crippen LogP contribution in [0.4, 0.5) is 5.69 Å². The highest BCUT2D eigenvalue weighted by atomic mass is 16.2. The Hall–Kier alpha value is -2.49. The van der Waals surface area contributed by atoms with E-state index in [4.69, 9.17) is 0 Å². The van der Waals surface area contributed by atoms with Gasteiger partial charge >= 0.3 is 0 Å². The van der Waals surface area contributed by atoms with Gasteiger partial charge in [-0.2, -0.15) is 0 Å². The zero-order valence-electron chi connectivity index (χ0n) is 15.7. The second-order valence-electron chi connectivity index (χ2n) is 7.60. The SMILES string of the molecule is CCn1c2ccccc2c2cc(NC(C)C(=O)NC(C)(C)C)ccc21. The molecule has 0 saturated heterocycles. The van der Waals surface area contributed by atoms with Crippen molar-refractivity contribution in [2.24, 2.45) is 0 Å². The molecular formula is C21H27N3O. The van der Waals surface area contributed by atoms with Crippen LogP contribution in [-0.2, 0) is 11.3 Å². The van der Waals surface area contributed by atoms with E-state index in [1.165, 1.54) is 21.8 Å². The molecule has 2 N–H and O–H groups in total. The van der Waals surface area contributed by atoms with Gasteiger partial charge in [-0.1, -0.05) is 18.2 Å². The summed E-state index contributed by atoms with van der Waals surface area (Å²) in [5.74, 6) is 0.00332. The zero-order chi connectivity index (χ0) is 18.2. The summed E-state index contributed by atoms with van der Waals surface area (Å²) in [6.07, 6.45) is 0. The standard InChI is InChI=1S/C21H27N3O/c1-6-24-18-10-8-7-9-16(18)17-13-15(11-12-19(17)24)22-14(2)20(25)23-21(3,4)5/h7-14,22H,6H2,1-5H3,(H,23,25). The van der Waals surface area contributed by atoms with Gasteiger partial charge in [-0.05, 0) is 58.9 Å². The summed E-state index contributed by atoms with van der Waals surface area (Å²) in [6, 6.07) is 14.5. The van der Waals surface area contributed by atoms with Gasteiger partial charge in [-0.15, -0.1) is 0 Å². The Balaban J connectivity index is 1.94. The number of carbonyl (C=O) groups excluding carboxylic acids is 1. The van der Waals surface area contributed by atoms with Crippen molar-refractivity contribution >= 4 is 33.4 Å². The average molecular weight is 337 g/mol. The van der Waals surface area contributed by atoms with Crippen molar-refractivity contribution in [2.75, 3.05) is 5.32 Å². The van der Waals surface area contributed by atoms with Crippen molar-refractivity contribution in [1.29, 1.82) is 0 Å². The van der Waals surface area contributed by atoms with Crippen LogP contribution in [0.2, 0.25) is 0 Å². The Labute approximate surface area is 149 Å². The van der Waals surface area contributed by atoms with Crippen molar-refractivity contribution in [3.63, 3.8) is 0 Å². The molecule has 3 aromatic rings. The second kappa shape index (κ2) is 6.43. The molecule has 25 heavy (non-hydrogen) atoms. The van der Waals surface area contributed by atoms with Crippen LogP contribution in [0.25, 0.3) is 21.8 Å². The van der Waals surface area contributed by atoms with Gasteiger partial charge in [0.1, 0.15) is 6.04 Å². The lowest BCUT2D eigenvalue weighted by atomic mass is 10.1. The summed E-state index contributed by atoms with van der Waals surface area (Å²) in [6.45, 7) is 11.0. The number of nitrogens with zero attached hydrogens (tertiary/aromatic N) is 1. The molecule has 2 aromatic carbocycles. The van der Waals surface area contributed by atoms with Gasteiger partial charge in [0.25, 0.3) is 0 Å². The molecule has 4 nitrogen and oxygen atoms in total. The first kappa shape index (κ1) is 17.3. The van der Waals surface area contributed by atoms with Crippen LogP contribution in [0.15, 0.2) is 42.5 Å². The van der Waals surface area contributed by atoms with Gasteiger partial charge in [0.05, 0.1) is 0 Å². The van der Waals surface area contributed by atoms with Crippen molar-refractivity contribution in [2.45, 2.75) is 52.7 Å². The Morgan fingerprint density at radius 3 is 2.44 bits per heavy atom. The number of anilines is 1. The van der Waals surface area contributed by atoms with Gasteiger partial charge in [-0.25, -0.2) is 0 Å². The van der Waals surface area contributed by atoms with Crippen LogP contribution in [0.1, 0.15) is 34.6 Å². The fraction of sp³-hybridized carbons (Fsp3) is 0.381. The van der Waals surface area contributed by atoms with Gasteiger partial charge < -0.3 is 15.2 Å². The summed E-state index contributed by atoms with van der Waals surface area (Å²) in [4.78, 5) is 12.3. The summed E-state index contributed by atoms with van der Waals surface area (Å²) >= 11 is 0. The quantitative estimate of drug-likeness (QED) is 0.735. The van der Waals surface area contributed by atoms with E-state index < -0.39 is 0 Å². The van der Waals surface area contributed by atoms with Gasteiger partial charge in [0.15, 0.2) is 0 Å². The largest absolute Gasteiger partial charge is 0.374 e. The molecule has 0 spiro atoms. The Bertz CT molecular complexity index is 918. The smallest absolute Gasteiger partial charge is 0.242 e. The highest BCUT2D eigenvalue weighted by Crippen LogP contribution is 2.31. The third kappa shape index (κ3) is 3.48. The van der Waals surface area contributed by atoms with Crippen molar-refractivity contribution in [3.05, 3.63) is 42.5 Å². The minimum absolute atomic E-state index is 0.00332. The van der Waals surface area contributed by atoms with E-state index >= 15 is 0 Å². The molecule has 0 bridgehead atoms. The number of nitrogens with one attached hydrogen (secondary N) is 2. The number of para-hydroxylation sites is 1. The lowest BCUT2D eigenvalue weighted by molar-refractivity contribution is -0.122. The molecule has 1 unspecified atom stereocenters. The second-order valence-corrected chi connectivity index (χ2v) is 7.60. The summed E-state index contributed by atoms with van der Waals surface area (Å²) < 4.78 is 2.32. The number of benzene rings is 2. The lowest BCUT2D eigenvalue weighted by Crippen LogP contribution is -2.47. The average Bonchev–Trinajstić information content (AvgIpc) is 2.86. The first-order chi connectivity index (χ1) is 11.8. The molecule has 1 heterocycles. The molecule has 1 aromatic heterocycles.